The molecule has 0 fully saturated rings. The fourth-order valence-corrected chi connectivity index (χ4v) is 2.01. The molecule has 104 valence electrons. The molecule has 2 rings (SSSR count). The minimum Gasteiger partial charge on any atom is -0.374 e. The van der Waals surface area contributed by atoms with Gasteiger partial charge in [-0.1, -0.05) is 30.3 Å². The lowest BCUT2D eigenvalue weighted by Crippen LogP contribution is -2.36. The van der Waals surface area contributed by atoms with Crippen LogP contribution in [0.15, 0.2) is 42.5 Å². The monoisotopic (exact) mass is 271 g/mol. The second-order valence-corrected chi connectivity index (χ2v) is 4.62. The van der Waals surface area contributed by atoms with Gasteiger partial charge in [-0.25, -0.2) is 4.79 Å². The number of benzene rings is 2. The number of urea groups is 1. The molecule has 0 aromatic heterocycles. The molecule has 0 heterocycles. The Hall–Kier alpha value is -2.56. The SMILES string of the molecule is CN(CCC(=O)NC(N)=O)c1ccc2ccccc2c1. The zero-order chi connectivity index (χ0) is 14.5. The van der Waals surface area contributed by atoms with Crippen LogP contribution in [0.1, 0.15) is 6.42 Å². The number of primary amides is 1. The largest absolute Gasteiger partial charge is 0.374 e. The van der Waals surface area contributed by atoms with E-state index in [1.807, 2.05) is 42.3 Å². The molecule has 3 amide bonds. The van der Waals surface area contributed by atoms with Crippen LogP contribution < -0.4 is 16.0 Å². The van der Waals surface area contributed by atoms with Crippen molar-refractivity contribution >= 4 is 28.4 Å². The summed E-state index contributed by atoms with van der Waals surface area (Å²) in [5.74, 6) is -0.370. The molecule has 0 aliphatic rings. The molecule has 0 bridgehead atoms. The Labute approximate surface area is 117 Å². The third kappa shape index (κ3) is 3.47. The quantitative estimate of drug-likeness (QED) is 0.891. The fourth-order valence-electron chi connectivity index (χ4n) is 2.01. The molecule has 0 radical (unpaired) electrons. The van der Waals surface area contributed by atoms with Crippen molar-refractivity contribution in [3.05, 3.63) is 42.5 Å². The number of anilines is 1. The van der Waals surface area contributed by atoms with Crippen molar-refractivity contribution in [2.75, 3.05) is 18.5 Å². The molecule has 0 aliphatic heterocycles. The van der Waals surface area contributed by atoms with Gasteiger partial charge >= 0.3 is 6.03 Å². The summed E-state index contributed by atoms with van der Waals surface area (Å²) < 4.78 is 0. The number of nitrogens with two attached hydrogens (primary N) is 1. The first-order valence-electron chi connectivity index (χ1n) is 6.35. The molecule has 0 aliphatic carbocycles. The van der Waals surface area contributed by atoms with E-state index in [0.29, 0.717) is 6.54 Å². The Morgan fingerprint density at radius 1 is 1.15 bits per heavy atom. The average Bonchev–Trinajstić information content (AvgIpc) is 2.43. The number of hydrogen-bond acceptors (Lipinski definition) is 3. The van der Waals surface area contributed by atoms with Crippen LogP contribution in [0.3, 0.4) is 0 Å². The molecule has 0 atom stereocenters. The molecular weight excluding hydrogens is 254 g/mol. The summed E-state index contributed by atoms with van der Waals surface area (Å²) in [4.78, 5) is 23.9. The summed E-state index contributed by atoms with van der Waals surface area (Å²) in [6.45, 7) is 0.511. The maximum absolute atomic E-state index is 11.4. The zero-order valence-corrected chi connectivity index (χ0v) is 11.3. The summed E-state index contributed by atoms with van der Waals surface area (Å²) in [5.41, 5.74) is 5.91. The fraction of sp³-hybridized carbons (Fsp3) is 0.200. The standard InChI is InChI=1S/C15H17N3O2/c1-18(9-8-14(19)17-15(16)20)13-7-6-11-4-2-3-5-12(11)10-13/h2-7,10H,8-9H2,1H3,(H3,16,17,19,20). The van der Waals surface area contributed by atoms with Crippen LogP contribution in [0.25, 0.3) is 10.8 Å². The van der Waals surface area contributed by atoms with Gasteiger partial charge in [-0.15, -0.1) is 0 Å². The van der Waals surface area contributed by atoms with Gasteiger partial charge in [0.2, 0.25) is 5.91 Å². The molecule has 2 aromatic carbocycles. The number of carbonyl (C=O) groups excluding carboxylic acids is 2. The first-order chi connectivity index (χ1) is 9.56. The number of amides is 3. The maximum atomic E-state index is 11.4. The van der Waals surface area contributed by atoms with E-state index in [0.717, 1.165) is 11.1 Å². The minimum atomic E-state index is -0.816. The zero-order valence-electron chi connectivity index (χ0n) is 11.3. The van der Waals surface area contributed by atoms with Gasteiger partial charge in [0.05, 0.1) is 0 Å². The molecule has 3 N–H and O–H groups in total. The van der Waals surface area contributed by atoms with Crippen molar-refractivity contribution in [1.29, 1.82) is 0 Å². The minimum absolute atomic E-state index is 0.215. The first-order valence-corrected chi connectivity index (χ1v) is 6.35. The summed E-state index contributed by atoms with van der Waals surface area (Å²) in [7, 11) is 1.90. The summed E-state index contributed by atoms with van der Waals surface area (Å²) >= 11 is 0. The van der Waals surface area contributed by atoms with Crippen LogP contribution in [-0.2, 0) is 4.79 Å². The third-order valence-electron chi connectivity index (χ3n) is 3.11. The highest BCUT2D eigenvalue weighted by atomic mass is 16.2. The van der Waals surface area contributed by atoms with E-state index in [1.165, 1.54) is 5.39 Å². The lowest BCUT2D eigenvalue weighted by atomic mass is 10.1. The van der Waals surface area contributed by atoms with E-state index >= 15 is 0 Å². The number of hydrogen-bond donors (Lipinski definition) is 2. The average molecular weight is 271 g/mol. The van der Waals surface area contributed by atoms with Gasteiger partial charge in [-0.2, -0.15) is 0 Å². The molecule has 0 saturated heterocycles. The van der Waals surface area contributed by atoms with Crippen molar-refractivity contribution in [3.8, 4) is 0 Å². The number of imide groups is 1. The predicted octanol–water partition coefficient (Wildman–Crippen LogP) is 1.86. The van der Waals surface area contributed by atoms with Gasteiger partial charge in [0.25, 0.3) is 0 Å². The van der Waals surface area contributed by atoms with Gasteiger partial charge in [-0.05, 0) is 22.9 Å². The molecule has 0 saturated carbocycles. The molecule has 2 aromatic rings. The van der Waals surface area contributed by atoms with Gasteiger partial charge in [0, 0.05) is 25.7 Å². The Morgan fingerprint density at radius 2 is 1.85 bits per heavy atom. The van der Waals surface area contributed by atoms with Crippen LogP contribution in [-0.4, -0.2) is 25.5 Å². The van der Waals surface area contributed by atoms with Crippen LogP contribution >= 0.6 is 0 Å². The van der Waals surface area contributed by atoms with E-state index in [9.17, 15) is 9.59 Å². The topological polar surface area (TPSA) is 75.4 Å². The Morgan fingerprint density at radius 3 is 2.55 bits per heavy atom. The number of nitrogens with one attached hydrogen (secondary N) is 1. The lowest BCUT2D eigenvalue weighted by Gasteiger charge is -2.19. The number of carbonyl (C=O) groups is 2. The van der Waals surface area contributed by atoms with E-state index < -0.39 is 6.03 Å². The van der Waals surface area contributed by atoms with Crippen molar-refractivity contribution in [3.63, 3.8) is 0 Å². The molecule has 5 nitrogen and oxygen atoms in total. The highest BCUT2D eigenvalue weighted by Gasteiger charge is 2.07. The van der Waals surface area contributed by atoms with Crippen LogP contribution in [0.5, 0.6) is 0 Å². The van der Waals surface area contributed by atoms with E-state index in [4.69, 9.17) is 5.73 Å². The second kappa shape index (κ2) is 6.06. The summed E-state index contributed by atoms with van der Waals surface area (Å²) in [5, 5.41) is 4.38. The van der Waals surface area contributed by atoms with Crippen molar-refractivity contribution in [1.82, 2.24) is 5.32 Å². The van der Waals surface area contributed by atoms with Crippen LogP contribution in [0.2, 0.25) is 0 Å². The van der Waals surface area contributed by atoms with Crippen LogP contribution in [0.4, 0.5) is 10.5 Å². The molecule has 20 heavy (non-hydrogen) atoms. The third-order valence-corrected chi connectivity index (χ3v) is 3.11. The van der Waals surface area contributed by atoms with Gasteiger partial charge in [0.15, 0.2) is 0 Å². The molecule has 0 spiro atoms. The van der Waals surface area contributed by atoms with Crippen LogP contribution in [0, 0.1) is 0 Å². The Kier molecular flexibility index (Phi) is 4.20. The lowest BCUT2D eigenvalue weighted by molar-refractivity contribution is -0.119. The number of rotatable bonds is 4. The van der Waals surface area contributed by atoms with E-state index in [-0.39, 0.29) is 12.3 Å². The van der Waals surface area contributed by atoms with Gasteiger partial charge in [-0.3, -0.25) is 10.1 Å². The highest BCUT2D eigenvalue weighted by molar-refractivity contribution is 5.93. The predicted molar refractivity (Wildman–Crippen MR) is 79.6 cm³/mol. The Bertz CT molecular complexity index is 640. The molecule has 0 unspecified atom stereocenters. The van der Waals surface area contributed by atoms with Crippen molar-refractivity contribution in [2.24, 2.45) is 5.73 Å². The number of fused-ring (bicyclic) bond motifs is 1. The van der Waals surface area contributed by atoms with Gasteiger partial charge in [0.1, 0.15) is 0 Å². The molecular formula is C15H17N3O2. The maximum Gasteiger partial charge on any atom is 0.318 e. The summed E-state index contributed by atoms with van der Waals surface area (Å²) in [6.07, 6.45) is 0.215. The second-order valence-electron chi connectivity index (χ2n) is 4.62. The van der Waals surface area contributed by atoms with E-state index in [1.54, 1.807) is 0 Å². The normalized spacial score (nSPS) is 10.2. The summed E-state index contributed by atoms with van der Waals surface area (Å²) in [6, 6.07) is 13.4. The van der Waals surface area contributed by atoms with E-state index in [2.05, 4.69) is 17.4 Å². The van der Waals surface area contributed by atoms with Crippen molar-refractivity contribution in [2.45, 2.75) is 6.42 Å². The van der Waals surface area contributed by atoms with Crippen molar-refractivity contribution < 1.29 is 9.59 Å². The molecule has 5 heteroatoms. The first kappa shape index (κ1) is 13.9. The van der Waals surface area contributed by atoms with Gasteiger partial charge < -0.3 is 10.6 Å². The number of nitrogens with zero attached hydrogens (tertiary/aromatic N) is 1. The highest BCUT2D eigenvalue weighted by Crippen LogP contribution is 2.21. The smallest absolute Gasteiger partial charge is 0.318 e. The Balaban J connectivity index is 2.02.